The highest BCUT2D eigenvalue weighted by Gasteiger charge is 2.62. The summed E-state index contributed by atoms with van der Waals surface area (Å²) in [6, 6.07) is 57.5. The summed E-state index contributed by atoms with van der Waals surface area (Å²) in [5, 5.41) is 0. The largest absolute Gasteiger partial charge is 0.335 e. The average Bonchev–Trinajstić information content (AvgIpc) is 3.72. The molecule has 1 saturated carbocycles. The van der Waals surface area contributed by atoms with Crippen LogP contribution >= 0.6 is 0 Å². The van der Waals surface area contributed by atoms with E-state index < -0.39 is 0 Å². The van der Waals surface area contributed by atoms with E-state index in [1.54, 1.807) is 5.56 Å². The molecular weight excluding hydrogens is 810 g/mol. The van der Waals surface area contributed by atoms with Crippen molar-refractivity contribution in [3.8, 4) is 11.1 Å². The van der Waals surface area contributed by atoms with Crippen LogP contribution in [0.5, 0.6) is 0 Å². The molecule has 334 valence electrons. The third-order valence-corrected chi connectivity index (χ3v) is 18.2. The SMILES string of the molecule is CC(C)(C)c1ccc(N2c3cc(C(C)(C)C)ccc3B3c4cccc5c4N(c4cc(N6c7ccccc7C7CCc8ccccc8C76C)cc2c43)C2(C)CCCCC52C)c(-c2ccccc2)c1. The Kier molecular flexibility index (Phi) is 8.49. The van der Waals surface area contributed by atoms with Gasteiger partial charge in [-0.25, -0.2) is 0 Å². The third-order valence-electron chi connectivity index (χ3n) is 18.2. The summed E-state index contributed by atoms with van der Waals surface area (Å²) in [7, 11) is 0. The number of hydrogen-bond acceptors (Lipinski definition) is 3. The fraction of sp³-hybridized carbons (Fsp3) is 0.333. The predicted octanol–water partition coefficient (Wildman–Crippen LogP) is 14.4. The van der Waals surface area contributed by atoms with Gasteiger partial charge < -0.3 is 14.7 Å². The Morgan fingerprint density at radius 3 is 2.04 bits per heavy atom. The van der Waals surface area contributed by atoms with E-state index in [-0.39, 0.29) is 34.0 Å². The molecule has 0 saturated heterocycles. The Morgan fingerprint density at radius 2 is 1.24 bits per heavy atom. The van der Waals surface area contributed by atoms with Crippen LogP contribution < -0.4 is 31.1 Å². The summed E-state index contributed by atoms with van der Waals surface area (Å²) in [5.41, 5.74) is 24.4. The molecule has 4 atom stereocenters. The first kappa shape index (κ1) is 41.2. The van der Waals surface area contributed by atoms with Gasteiger partial charge in [-0.3, -0.25) is 0 Å². The maximum Gasteiger partial charge on any atom is 0.252 e. The lowest BCUT2D eigenvalue weighted by atomic mass is 9.33. The van der Waals surface area contributed by atoms with Gasteiger partial charge in [-0.15, -0.1) is 0 Å². The summed E-state index contributed by atoms with van der Waals surface area (Å²) < 4.78 is 0. The van der Waals surface area contributed by atoms with E-state index >= 15 is 0 Å². The van der Waals surface area contributed by atoms with Gasteiger partial charge in [-0.05, 0) is 142 Å². The van der Waals surface area contributed by atoms with Crippen LogP contribution in [0, 0.1) is 0 Å². The maximum absolute atomic E-state index is 2.92. The van der Waals surface area contributed by atoms with Crippen molar-refractivity contribution in [3.63, 3.8) is 0 Å². The number of hydrogen-bond donors (Lipinski definition) is 0. The van der Waals surface area contributed by atoms with Gasteiger partial charge in [-0.1, -0.05) is 171 Å². The van der Waals surface area contributed by atoms with Crippen molar-refractivity contribution in [1.29, 1.82) is 0 Å². The normalized spacial score (nSPS) is 24.0. The average molecular weight is 874 g/mol. The van der Waals surface area contributed by atoms with Crippen molar-refractivity contribution in [2.75, 3.05) is 14.7 Å². The highest BCUT2D eigenvalue weighted by atomic mass is 15.3. The van der Waals surface area contributed by atoms with Crippen LogP contribution in [0.15, 0.2) is 146 Å². The van der Waals surface area contributed by atoms with E-state index in [1.807, 2.05) is 0 Å². The smallest absolute Gasteiger partial charge is 0.252 e. The number of nitrogens with zero attached hydrogens (tertiary/aromatic N) is 3. The highest BCUT2D eigenvalue weighted by molar-refractivity contribution is 7.00. The first-order valence-electron chi connectivity index (χ1n) is 25.4. The molecule has 0 radical (unpaired) electrons. The van der Waals surface area contributed by atoms with E-state index in [0.717, 1.165) is 12.8 Å². The van der Waals surface area contributed by atoms with Gasteiger partial charge in [0.15, 0.2) is 0 Å². The molecule has 4 aliphatic heterocycles. The molecule has 0 aromatic heterocycles. The van der Waals surface area contributed by atoms with Gasteiger partial charge in [-0.2, -0.15) is 0 Å². The monoisotopic (exact) mass is 874 g/mol. The summed E-state index contributed by atoms with van der Waals surface area (Å²) in [4.78, 5) is 8.44. The van der Waals surface area contributed by atoms with E-state index in [4.69, 9.17) is 0 Å². The number of aryl methyl sites for hydroxylation is 1. The van der Waals surface area contributed by atoms with Gasteiger partial charge in [0.05, 0.1) is 16.8 Å². The molecule has 6 aliphatic rings. The molecule has 67 heavy (non-hydrogen) atoms. The Bertz CT molecular complexity index is 3210. The van der Waals surface area contributed by atoms with E-state index in [0.29, 0.717) is 5.92 Å². The molecular formula is C63H64BN3. The standard InChI is InChI=1S/C63H64BN3/c1-59(2,3)42-30-33-52(46(36-42)40-20-11-10-12-21-40)65-54-37-43(60(4,5)6)29-32-50(54)64-51-26-19-25-49-58(51)67(62(8)35-18-17-34-61(49,62)7)56-39-44(38-55(65)57(56)64)66-53-27-16-14-23-45(53)48-31-28-41-22-13-15-24-47(41)63(48,66)9/h10-16,19-27,29-30,32-33,36-39,48H,17-18,28,31,34-35H2,1-9H3. The molecule has 1 fully saturated rings. The summed E-state index contributed by atoms with van der Waals surface area (Å²) >= 11 is 0. The minimum atomic E-state index is -0.273. The second-order valence-corrected chi connectivity index (χ2v) is 23.7. The molecule has 3 nitrogen and oxygen atoms in total. The maximum atomic E-state index is 2.92. The minimum absolute atomic E-state index is 0.0177. The first-order chi connectivity index (χ1) is 32.1. The fourth-order valence-electron chi connectivity index (χ4n) is 14.5. The summed E-state index contributed by atoms with van der Waals surface area (Å²) in [6.45, 7) is 22.0. The molecule has 7 aromatic carbocycles. The number of benzene rings is 7. The Morgan fingerprint density at radius 1 is 0.552 bits per heavy atom. The lowest BCUT2D eigenvalue weighted by molar-refractivity contribution is 0.195. The van der Waals surface area contributed by atoms with E-state index in [1.165, 1.54) is 121 Å². The number of fused-ring (bicyclic) bond motifs is 12. The van der Waals surface area contributed by atoms with Crippen LogP contribution in [0.25, 0.3) is 11.1 Å². The van der Waals surface area contributed by atoms with Crippen molar-refractivity contribution >= 4 is 62.9 Å². The molecule has 2 aliphatic carbocycles. The zero-order valence-corrected chi connectivity index (χ0v) is 41.1. The first-order valence-corrected chi connectivity index (χ1v) is 25.4. The molecule has 7 aromatic rings. The molecule has 0 bridgehead atoms. The van der Waals surface area contributed by atoms with Crippen molar-refractivity contribution in [1.82, 2.24) is 0 Å². The van der Waals surface area contributed by atoms with Crippen LogP contribution in [0.2, 0.25) is 0 Å². The van der Waals surface area contributed by atoms with Crippen LogP contribution in [-0.2, 0) is 28.2 Å². The van der Waals surface area contributed by atoms with Gasteiger partial charge in [0.2, 0.25) is 0 Å². The molecule has 0 spiro atoms. The van der Waals surface area contributed by atoms with Crippen LogP contribution in [-0.4, -0.2) is 12.3 Å². The van der Waals surface area contributed by atoms with E-state index in [2.05, 4.69) is 223 Å². The lowest BCUT2D eigenvalue weighted by Gasteiger charge is -2.53. The molecule has 4 heterocycles. The van der Waals surface area contributed by atoms with Crippen molar-refractivity contribution in [3.05, 3.63) is 179 Å². The third kappa shape index (κ3) is 5.42. The second kappa shape index (κ2) is 13.8. The molecule has 0 N–H and O–H groups in total. The fourth-order valence-corrected chi connectivity index (χ4v) is 14.5. The molecule has 0 amide bonds. The second-order valence-electron chi connectivity index (χ2n) is 23.7. The quantitative estimate of drug-likeness (QED) is 0.164. The topological polar surface area (TPSA) is 9.72 Å². The van der Waals surface area contributed by atoms with Crippen LogP contribution in [0.3, 0.4) is 0 Å². The highest BCUT2D eigenvalue weighted by Crippen LogP contribution is 2.65. The molecule has 13 rings (SSSR count). The summed E-state index contributed by atoms with van der Waals surface area (Å²) in [5.74, 6) is 0.373. The Hall–Kier alpha value is -6.00. The van der Waals surface area contributed by atoms with Gasteiger partial charge >= 0.3 is 0 Å². The number of anilines is 7. The zero-order chi connectivity index (χ0) is 46.0. The Balaban J connectivity index is 1.18. The van der Waals surface area contributed by atoms with Crippen molar-refractivity contribution < 1.29 is 0 Å². The minimum Gasteiger partial charge on any atom is -0.335 e. The molecule has 4 unspecified atom stereocenters. The predicted molar refractivity (Wildman–Crippen MR) is 285 cm³/mol. The summed E-state index contributed by atoms with van der Waals surface area (Å²) in [6.07, 6.45) is 7.13. The number of rotatable bonds is 3. The van der Waals surface area contributed by atoms with E-state index in [9.17, 15) is 0 Å². The zero-order valence-electron chi connectivity index (χ0n) is 41.1. The van der Waals surface area contributed by atoms with Gasteiger partial charge in [0.25, 0.3) is 6.71 Å². The van der Waals surface area contributed by atoms with Crippen LogP contribution in [0.4, 0.5) is 39.8 Å². The van der Waals surface area contributed by atoms with Gasteiger partial charge in [0.1, 0.15) is 0 Å². The Labute approximate surface area is 400 Å². The van der Waals surface area contributed by atoms with Crippen molar-refractivity contribution in [2.24, 2.45) is 0 Å². The lowest BCUT2D eigenvalue weighted by Crippen LogP contribution is -2.64. The van der Waals surface area contributed by atoms with Crippen LogP contribution in [0.1, 0.15) is 134 Å². The molecule has 4 heteroatoms. The number of para-hydroxylation sites is 2. The van der Waals surface area contributed by atoms with Crippen molar-refractivity contribution in [2.45, 2.75) is 134 Å². The van der Waals surface area contributed by atoms with Gasteiger partial charge in [0, 0.05) is 51.0 Å².